The second-order valence-corrected chi connectivity index (χ2v) is 9.03. The number of nitrogens with zero attached hydrogens (tertiary/aromatic N) is 2. The van der Waals surface area contributed by atoms with E-state index in [0.717, 1.165) is 70.6 Å². The second kappa shape index (κ2) is 11.5. The molecule has 2 saturated heterocycles. The Kier molecular flexibility index (Phi) is 8.18. The number of hydrogen-bond acceptors (Lipinski definition) is 4. The summed E-state index contributed by atoms with van der Waals surface area (Å²) in [6, 6.07) is 18.7. The molecule has 2 aromatic carbocycles. The molecule has 0 radical (unpaired) electrons. The molecule has 0 unspecified atom stereocenters. The van der Waals surface area contributed by atoms with Gasteiger partial charge < -0.3 is 14.4 Å². The molecule has 172 valence electrons. The highest BCUT2D eigenvalue weighted by Crippen LogP contribution is 2.22. The maximum atomic E-state index is 12.6. The van der Waals surface area contributed by atoms with Crippen molar-refractivity contribution < 1.29 is 14.3 Å². The van der Waals surface area contributed by atoms with E-state index in [1.165, 1.54) is 11.1 Å². The van der Waals surface area contributed by atoms with Gasteiger partial charge in [0.05, 0.1) is 19.3 Å². The lowest BCUT2D eigenvalue weighted by Crippen LogP contribution is -2.43. The summed E-state index contributed by atoms with van der Waals surface area (Å²) in [5, 5.41) is 0. The van der Waals surface area contributed by atoms with Gasteiger partial charge in [0.15, 0.2) is 0 Å². The summed E-state index contributed by atoms with van der Waals surface area (Å²) in [6.07, 6.45) is 6.13. The van der Waals surface area contributed by atoms with Crippen molar-refractivity contribution in [2.75, 3.05) is 33.3 Å². The van der Waals surface area contributed by atoms with Gasteiger partial charge in [0.25, 0.3) is 0 Å². The summed E-state index contributed by atoms with van der Waals surface area (Å²) in [4.78, 5) is 17.2. The molecule has 2 aromatic rings. The molecule has 0 saturated carbocycles. The van der Waals surface area contributed by atoms with Gasteiger partial charge in [-0.3, -0.25) is 9.69 Å². The van der Waals surface area contributed by atoms with Crippen molar-refractivity contribution in [3.8, 4) is 5.75 Å². The van der Waals surface area contributed by atoms with Crippen molar-refractivity contribution in [2.24, 2.45) is 0 Å². The Morgan fingerprint density at radius 2 is 1.47 bits per heavy atom. The van der Waals surface area contributed by atoms with E-state index in [4.69, 9.17) is 9.47 Å². The van der Waals surface area contributed by atoms with E-state index in [-0.39, 0.29) is 5.91 Å². The summed E-state index contributed by atoms with van der Waals surface area (Å²) < 4.78 is 11.6. The molecule has 4 rings (SSSR count). The summed E-state index contributed by atoms with van der Waals surface area (Å²) in [7, 11) is 1.67. The van der Waals surface area contributed by atoms with E-state index in [2.05, 4.69) is 35.2 Å². The molecule has 0 N–H and O–H groups in total. The van der Waals surface area contributed by atoms with Crippen LogP contribution in [0.3, 0.4) is 0 Å². The number of likely N-dealkylation sites (tertiary alicyclic amines) is 2. The van der Waals surface area contributed by atoms with Gasteiger partial charge >= 0.3 is 0 Å². The number of ether oxygens (including phenoxy) is 2. The number of rotatable bonds is 8. The minimum Gasteiger partial charge on any atom is -0.497 e. The Bertz CT molecular complexity index is 824. The molecule has 0 atom stereocenters. The van der Waals surface area contributed by atoms with Crippen LogP contribution < -0.4 is 4.74 Å². The van der Waals surface area contributed by atoms with E-state index in [0.29, 0.717) is 18.6 Å². The van der Waals surface area contributed by atoms with Crippen LogP contribution in [-0.2, 0) is 22.5 Å². The molecule has 2 heterocycles. The number of hydrogen-bond donors (Lipinski definition) is 0. The third-order valence-electron chi connectivity index (χ3n) is 6.75. The number of benzene rings is 2. The van der Waals surface area contributed by atoms with Gasteiger partial charge in [-0.15, -0.1) is 0 Å². The van der Waals surface area contributed by atoms with E-state index in [1.807, 2.05) is 29.2 Å². The van der Waals surface area contributed by atoms with Crippen molar-refractivity contribution >= 4 is 5.91 Å². The Morgan fingerprint density at radius 1 is 0.844 bits per heavy atom. The molecule has 0 aromatic heterocycles. The summed E-state index contributed by atoms with van der Waals surface area (Å²) >= 11 is 0. The predicted octanol–water partition coefficient (Wildman–Crippen LogP) is 4.30. The first-order chi connectivity index (χ1) is 15.7. The first-order valence-electron chi connectivity index (χ1n) is 12.0. The van der Waals surface area contributed by atoms with Crippen LogP contribution in [0.15, 0.2) is 54.6 Å². The number of piperidine rings is 2. The molecule has 2 aliphatic heterocycles. The summed E-state index contributed by atoms with van der Waals surface area (Å²) in [5.74, 6) is 1.11. The van der Waals surface area contributed by atoms with Crippen LogP contribution >= 0.6 is 0 Å². The van der Waals surface area contributed by atoms with Gasteiger partial charge in [-0.25, -0.2) is 0 Å². The molecule has 32 heavy (non-hydrogen) atoms. The molecule has 5 heteroatoms. The number of carbonyl (C=O) groups excluding carboxylic acids is 1. The lowest BCUT2D eigenvalue weighted by Gasteiger charge is -2.37. The maximum Gasteiger partial charge on any atom is 0.222 e. The van der Waals surface area contributed by atoms with Gasteiger partial charge in [0.1, 0.15) is 5.75 Å². The minimum atomic E-state index is 0.258. The molecule has 2 aliphatic rings. The standard InChI is InChI=1S/C27H36N2O3/c1-31-24-10-7-22(8-11-24)9-12-27(30)29-19-15-26(16-20-29)32-25-13-17-28(18-14-25)21-23-5-3-2-4-6-23/h2-8,10-11,25-26H,9,12-21H2,1H3. The van der Waals surface area contributed by atoms with Crippen LogP contribution in [0.2, 0.25) is 0 Å². The molecular formula is C27H36N2O3. The van der Waals surface area contributed by atoms with Crippen molar-refractivity contribution in [2.45, 2.75) is 57.3 Å². The monoisotopic (exact) mass is 436 g/mol. The van der Waals surface area contributed by atoms with Crippen molar-refractivity contribution in [1.29, 1.82) is 0 Å². The molecule has 2 fully saturated rings. The van der Waals surface area contributed by atoms with Gasteiger partial charge in [-0.2, -0.15) is 0 Å². The van der Waals surface area contributed by atoms with E-state index in [1.54, 1.807) is 7.11 Å². The Balaban J connectivity index is 1.12. The normalized spacial score (nSPS) is 18.6. The lowest BCUT2D eigenvalue weighted by atomic mass is 10.0. The fourth-order valence-electron chi connectivity index (χ4n) is 4.76. The fraction of sp³-hybridized carbons (Fsp3) is 0.519. The molecule has 5 nitrogen and oxygen atoms in total. The predicted molar refractivity (Wildman–Crippen MR) is 127 cm³/mol. The Labute approximate surface area is 192 Å². The van der Waals surface area contributed by atoms with E-state index < -0.39 is 0 Å². The third kappa shape index (κ3) is 6.57. The van der Waals surface area contributed by atoms with Crippen LogP contribution in [0.1, 0.15) is 43.2 Å². The van der Waals surface area contributed by atoms with Crippen LogP contribution in [0.4, 0.5) is 0 Å². The molecular weight excluding hydrogens is 400 g/mol. The summed E-state index contributed by atoms with van der Waals surface area (Å²) in [5.41, 5.74) is 2.56. The quantitative estimate of drug-likeness (QED) is 0.619. The average molecular weight is 437 g/mol. The van der Waals surface area contributed by atoms with Gasteiger partial charge in [0, 0.05) is 39.1 Å². The topological polar surface area (TPSA) is 42.0 Å². The number of carbonyl (C=O) groups is 1. The molecule has 0 bridgehead atoms. The van der Waals surface area contributed by atoms with Crippen LogP contribution in [0, 0.1) is 0 Å². The molecule has 0 aliphatic carbocycles. The first kappa shape index (κ1) is 22.8. The zero-order valence-electron chi connectivity index (χ0n) is 19.2. The molecule has 0 spiro atoms. The first-order valence-corrected chi connectivity index (χ1v) is 12.0. The lowest BCUT2D eigenvalue weighted by molar-refractivity contribution is -0.135. The van der Waals surface area contributed by atoms with Crippen molar-refractivity contribution in [3.63, 3.8) is 0 Å². The fourth-order valence-corrected chi connectivity index (χ4v) is 4.76. The Morgan fingerprint density at radius 3 is 2.09 bits per heavy atom. The van der Waals surface area contributed by atoms with Gasteiger partial charge in [-0.05, 0) is 55.4 Å². The highest BCUT2D eigenvalue weighted by Gasteiger charge is 2.27. The number of amides is 1. The van der Waals surface area contributed by atoms with Crippen LogP contribution in [-0.4, -0.2) is 61.2 Å². The van der Waals surface area contributed by atoms with Crippen molar-refractivity contribution in [3.05, 3.63) is 65.7 Å². The summed E-state index contributed by atoms with van der Waals surface area (Å²) in [6.45, 7) is 4.87. The van der Waals surface area contributed by atoms with Crippen molar-refractivity contribution in [1.82, 2.24) is 9.80 Å². The van der Waals surface area contributed by atoms with Crippen LogP contribution in [0.5, 0.6) is 5.75 Å². The third-order valence-corrected chi connectivity index (χ3v) is 6.75. The molecule has 1 amide bonds. The SMILES string of the molecule is COc1ccc(CCC(=O)N2CCC(OC3CCN(Cc4ccccc4)CC3)CC2)cc1. The zero-order chi connectivity index (χ0) is 22.2. The van der Waals surface area contributed by atoms with Crippen LogP contribution in [0.25, 0.3) is 0 Å². The largest absolute Gasteiger partial charge is 0.497 e. The zero-order valence-corrected chi connectivity index (χ0v) is 19.2. The Hall–Kier alpha value is -2.37. The average Bonchev–Trinajstić information content (AvgIpc) is 2.85. The maximum absolute atomic E-state index is 12.6. The number of aryl methyl sites for hydroxylation is 1. The van der Waals surface area contributed by atoms with E-state index >= 15 is 0 Å². The smallest absolute Gasteiger partial charge is 0.222 e. The van der Waals surface area contributed by atoms with E-state index in [9.17, 15) is 4.79 Å². The highest BCUT2D eigenvalue weighted by molar-refractivity contribution is 5.76. The van der Waals surface area contributed by atoms with Gasteiger partial charge in [-0.1, -0.05) is 42.5 Å². The minimum absolute atomic E-state index is 0.258. The number of methoxy groups -OCH3 is 1. The highest BCUT2D eigenvalue weighted by atomic mass is 16.5. The second-order valence-electron chi connectivity index (χ2n) is 9.03. The van der Waals surface area contributed by atoms with Gasteiger partial charge in [0.2, 0.25) is 5.91 Å².